The second-order valence-electron chi connectivity index (χ2n) is 8.53. The first-order valence-corrected chi connectivity index (χ1v) is 11.6. The lowest BCUT2D eigenvalue weighted by Gasteiger charge is -2.20. The molecule has 4 rings (SSSR count). The van der Waals surface area contributed by atoms with Crippen molar-refractivity contribution in [1.29, 1.82) is 5.26 Å². The van der Waals surface area contributed by atoms with Gasteiger partial charge in [-0.3, -0.25) is 4.79 Å². The van der Waals surface area contributed by atoms with E-state index >= 15 is 0 Å². The van der Waals surface area contributed by atoms with Gasteiger partial charge in [0.15, 0.2) is 0 Å². The topological polar surface area (TPSA) is 120 Å². The lowest BCUT2D eigenvalue weighted by atomic mass is 10.1. The van der Waals surface area contributed by atoms with Gasteiger partial charge in [-0.05, 0) is 48.7 Å². The number of anilines is 4. The Morgan fingerprint density at radius 3 is 2.79 bits per heavy atom. The highest BCUT2D eigenvalue weighted by Gasteiger charge is 2.25. The molecule has 8 nitrogen and oxygen atoms in total. The van der Waals surface area contributed by atoms with E-state index in [1.165, 1.54) is 0 Å². The number of aryl methyl sites for hydroxylation is 1. The molecular weight excluding hydrogens is 426 g/mol. The molecule has 1 amide bonds. The van der Waals surface area contributed by atoms with E-state index < -0.39 is 0 Å². The Morgan fingerprint density at radius 1 is 1.21 bits per heavy atom. The molecule has 174 valence electrons. The number of carbonyl (C=O) groups is 1. The molecular formula is C26H29N7O. The number of carbonyl (C=O) groups excluding carboxylic acids is 1. The minimum absolute atomic E-state index is 0.00529. The average Bonchev–Trinajstić information content (AvgIpc) is 3.29. The zero-order valence-electron chi connectivity index (χ0n) is 19.3. The van der Waals surface area contributed by atoms with Crippen LogP contribution in [0.25, 0.3) is 0 Å². The summed E-state index contributed by atoms with van der Waals surface area (Å²) in [4.78, 5) is 24.1. The first kappa shape index (κ1) is 23.1. The van der Waals surface area contributed by atoms with Gasteiger partial charge in [-0.2, -0.15) is 10.2 Å². The van der Waals surface area contributed by atoms with Gasteiger partial charge >= 0.3 is 0 Å². The van der Waals surface area contributed by atoms with Gasteiger partial charge in [0.1, 0.15) is 5.82 Å². The molecule has 1 saturated heterocycles. The standard InChI is InChI=1S/C26H29N7O/c1-2-4-21-15-24(32-26(30-21)31-22-6-3-5-19(13-22)16-27)33-12-11-23(17-33)29-25(34)14-18-7-9-20(28)10-8-18/h3,5-10,13,15,23H,2,4,11-12,14,17,28H2,1H3,(H,29,34)(H,30,31,32). The van der Waals surface area contributed by atoms with Crippen LogP contribution in [0, 0.1) is 11.3 Å². The van der Waals surface area contributed by atoms with Gasteiger partial charge in [0.2, 0.25) is 11.9 Å². The zero-order chi connectivity index (χ0) is 23.9. The van der Waals surface area contributed by atoms with Gasteiger partial charge in [-0.25, -0.2) is 4.98 Å². The first-order chi connectivity index (χ1) is 16.5. The number of hydrogen-bond acceptors (Lipinski definition) is 7. The van der Waals surface area contributed by atoms with Crippen molar-refractivity contribution in [3.8, 4) is 6.07 Å². The van der Waals surface area contributed by atoms with Gasteiger partial charge in [0.05, 0.1) is 18.1 Å². The maximum absolute atomic E-state index is 12.5. The summed E-state index contributed by atoms with van der Waals surface area (Å²) in [5.41, 5.74) is 9.66. The molecule has 2 heterocycles. The zero-order valence-corrected chi connectivity index (χ0v) is 19.3. The highest BCUT2D eigenvalue weighted by Crippen LogP contribution is 2.23. The monoisotopic (exact) mass is 455 g/mol. The van der Waals surface area contributed by atoms with Crippen molar-refractivity contribution >= 4 is 29.0 Å². The van der Waals surface area contributed by atoms with Crippen LogP contribution in [0.15, 0.2) is 54.6 Å². The van der Waals surface area contributed by atoms with Crippen LogP contribution in [0.2, 0.25) is 0 Å². The molecule has 0 spiro atoms. The van der Waals surface area contributed by atoms with Gasteiger partial charge in [0.25, 0.3) is 0 Å². The number of nitrogens with two attached hydrogens (primary N) is 1. The molecule has 4 N–H and O–H groups in total. The van der Waals surface area contributed by atoms with Crippen LogP contribution >= 0.6 is 0 Å². The Hall–Kier alpha value is -4.12. The predicted octanol–water partition coefficient (Wildman–Crippen LogP) is 3.56. The average molecular weight is 456 g/mol. The molecule has 0 radical (unpaired) electrons. The number of hydrogen-bond donors (Lipinski definition) is 3. The number of nitrogens with zero attached hydrogens (tertiary/aromatic N) is 4. The summed E-state index contributed by atoms with van der Waals surface area (Å²) in [7, 11) is 0. The van der Waals surface area contributed by atoms with E-state index in [-0.39, 0.29) is 11.9 Å². The molecule has 0 aliphatic carbocycles. The molecule has 8 heteroatoms. The second-order valence-corrected chi connectivity index (χ2v) is 8.53. The van der Waals surface area contributed by atoms with Crippen molar-refractivity contribution in [1.82, 2.24) is 15.3 Å². The van der Waals surface area contributed by atoms with E-state index in [1.807, 2.05) is 42.5 Å². The molecule has 1 aliphatic rings. The summed E-state index contributed by atoms with van der Waals surface area (Å²) in [5.74, 6) is 1.35. The van der Waals surface area contributed by atoms with E-state index in [1.54, 1.807) is 12.1 Å². The quantitative estimate of drug-likeness (QED) is 0.444. The third-order valence-corrected chi connectivity index (χ3v) is 5.74. The molecule has 1 atom stereocenters. The fourth-order valence-electron chi connectivity index (χ4n) is 4.07. The van der Waals surface area contributed by atoms with Crippen molar-refractivity contribution in [2.45, 2.75) is 38.6 Å². The number of nitrogens with one attached hydrogen (secondary N) is 2. The maximum Gasteiger partial charge on any atom is 0.229 e. The Bertz CT molecular complexity index is 1190. The number of amides is 1. The van der Waals surface area contributed by atoms with Crippen molar-refractivity contribution in [2.24, 2.45) is 0 Å². The number of nitrogen functional groups attached to an aromatic ring is 1. The van der Waals surface area contributed by atoms with E-state index in [2.05, 4.69) is 33.5 Å². The minimum Gasteiger partial charge on any atom is -0.399 e. The summed E-state index contributed by atoms with van der Waals surface area (Å²) in [6, 6.07) is 18.9. The molecule has 3 aromatic rings. The third-order valence-electron chi connectivity index (χ3n) is 5.74. The highest BCUT2D eigenvalue weighted by atomic mass is 16.1. The van der Waals surface area contributed by atoms with Gasteiger partial charge in [-0.15, -0.1) is 0 Å². The van der Waals surface area contributed by atoms with Gasteiger partial charge < -0.3 is 21.3 Å². The Labute approximate surface area is 199 Å². The van der Waals surface area contributed by atoms with Crippen LogP contribution < -0.4 is 21.3 Å². The predicted molar refractivity (Wildman–Crippen MR) is 134 cm³/mol. The van der Waals surface area contributed by atoms with Crippen LogP contribution in [0.1, 0.15) is 36.6 Å². The summed E-state index contributed by atoms with van der Waals surface area (Å²) in [6.45, 7) is 3.62. The van der Waals surface area contributed by atoms with Crippen LogP contribution in [0.4, 0.5) is 23.1 Å². The van der Waals surface area contributed by atoms with E-state index in [9.17, 15) is 4.79 Å². The van der Waals surface area contributed by atoms with Crippen molar-refractivity contribution < 1.29 is 4.79 Å². The maximum atomic E-state index is 12.5. The Kier molecular flexibility index (Phi) is 7.23. The van der Waals surface area contributed by atoms with E-state index in [0.29, 0.717) is 30.2 Å². The fraction of sp³-hybridized carbons (Fsp3) is 0.308. The SMILES string of the molecule is CCCc1cc(N2CCC(NC(=O)Cc3ccc(N)cc3)C2)nc(Nc2cccc(C#N)c2)n1. The van der Waals surface area contributed by atoms with Gasteiger partial charge in [0, 0.05) is 42.3 Å². The molecule has 1 aliphatic heterocycles. The van der Waals surface area contributed by atoms with E-state index in [0.717, 1.165) is 48.6 Å². The molecule has 1 unspecified atom stereocenters. The molecule has 34 heavy (non-hydrogen) atoms. The summed E-state index contributed by atoms with van der Waals surface area (Å²) in [5, 5.41) is 15.5. The Morgan fingerprint density at radius 2 is 2.03 bits per heavy atom. The number of aromatic nitrogens is 2. The number of nitriles is 1. The number of benzene rings is 2. The molecule has 2 aromatic carbocycles. The van der Waals surface area contributed by atoms with Crippen molar-refractivity contribution in [3.63, 3.8) is 0 Å². The lowest BCUT2D eigenvalue weighted by molar-refractivity contribution is -0.121. The normalized spacial score (nSPS) is 15.1. The molecule has 0 saturated carbocycles. The summed E-state index contributed by atoms with van der Waals surface area (Å²) in [6.07, 6.45) is 3.01. The van der Waals surface area contributed by atoms with E-state index in [4.69, 9.17) is 16.0 Å². The second kappa shape index (κ2) is 10.7. The number of rotatable bonds is 8. The summed E-state index contributed by atoms with van der Waals surface area (Å²) < 4.78 is 0. The lowest BCUT2D eigenvalue weighted by Crippen LogP contribution is -2.38. The molecule has 0 bridgehead atoms. The first-order valence-electron chi connectivity index (χ1n) is 11.6. The third kappa shape index (κ3) is 6.01. The van der Waals surface area contributed by atoms with Gasteiger partial charge in [-0.1, -0.05) is 31.5 Å². The largest absolute Gasteiger partial charge is 0.399 e. The van der Waals surface area contributed by atoms with Crippen molar-refractivity contribution in [3.05, 3.63) is 71.4 Å². The minimum atomic E-state index is 0.00529. The van der Waals surface area contributed by atoms with Crippen molar-refractivity contribution in [2.75, 3.05) is 29.0 Å². The Balaban J connectivity index is 1.43. The molecule has 1 aromatic heterocycles. The fourth-order valence-corrected chi connectivity index (χ4v) is 4.07. The van der Waals surface area contributed by atoms with Crippen LogP contribution in [0.3, 0.4) is 0 Å². The molecule has 1 fully saturated rings. The van der Waals surface area contributed by atoms with Crippen LogP contribution in [-0.4, -0.2) is 35.0 Å². The highest BCUT2D eigenvalue weighted by molar-refractivity contribution is 5.79. The smallest absolute Gasteiger partial charge is 0.229 e. The van der Waals surface area contributed by atoms with Crippen LogP contribution in [0.5, 0.6) is 0 Å². The summed E-state index contributed by atoms with van der Waals surface area (Å²) >= 11 is 0. The van der Waals surface area contributed by atoms with Crippen LogP contribution in [-0.2, 0) is 17.6 Å².